The molecule has 3 heterocycles. The minimum Gasteiger partial charge on any atom is -0.367 e. The van der Waals surface area contributed by atoms with Crippen LogP contribution in [0.4, 0.5) is 15.9 Å². The topological polar surface area (TPSA) is 82.5 Å². The molecular weight excluding hydrogens is 479 g/mol. The number of anilines is 2. The Hall–Kier alpha value is -3.37. The van der Waals surface area contributed by atoms with Crippen molar-refractivity contribution in [2.24, 2.45) is 0 Å². The van der Waals surface area contributed by atoms with E-state index in [0.717, 1.165) is 50.0 Å². The van der Waals surface area contributed by atoms with Crippen molar-refractivity contribution in [3.63, 3.8) is 0 Å². The lowest BCUT2D eigenvalue weighted by Crippen LogP contribution is -2.47. The first-order valence-corrected chi connectivity index (χ1v) is 12.7. The van der Waals surface area contributed by atoms with Crippen molar-refractivity contribution in [1.82, 2.24) is 19.8 Å². The Balaban J connectivity index is 1.03. The zero-order valence-electron chi connectivity index (χ0n) is 20.0. The average Bonchev–Trinajstić information content (AvgIpc) is 3.23. The number of halogens is 1. The van der Waals surface area contributed by atoms with Crippen LogP contribution in [0.25, 0.3) is 10.9 Å². The van der Waals surface area contributed by atoms with Gasteiger partial charge in [0.1, 0.15) is 17.7 Å². The van der Waals surface area contributed by atoms with Gasteiger partial charge in [-0.05, 0) is 55.9 Å². The van der Waals surface area contributed by atoms with Crippen LogP contribution in [-0.4, -0.2) is 71.6 Å². The average molecular weight is 509 g/mol. The van der Waals surface area contributed by atoms with Crippen molar-refractivity contribution in [1.29, 1.82) is 0 Å². The molecule has 0 aliphatic carbocycles. The Morgan fingerprint density at radius 2 is 1.86 bits per heavy atom. The second kappa shape index (κ2) is 10.7. The number of piperazine rings is 1. The number of hydrogen-bond donors (Lipinski definition) is 2. The highest BCUT2D eigenvalue weighted by molar-refractivity contribution is 7.71. The Kier molecular flexibility index (Phi) is 7.24. The first-order chi connectivity index (χ1) is 17.5. The van der Waals surface area contributed by atoms with Gasteiger partial charge in [-0.15, -0.1) is 0 Å². The van der Waals surface area contributed by atoms with Crippen LogP contribution in [0.1, 0.15) is 24.1 Å². The number of nitrogens with one attached hydrogen (secondary N) is 2. The summed E-state index contributed by atoms with van der Waals surface area (Å²) >= 11 is 5.32. The molecule has 188 valence electrons. The van der Waals surface area contributed by atoms with Crippen LogP contribution in [0.5, 0.6) is 0 Å². The van der Waals surface area contributed by atoms with Gasteiger partial charge in [0.15, 0.2) is 0 Å². The smallest absolute Gasteiger partial charge is 0.257 e. The number of rotatable bonds is 8. The number of benzene rings is 2. The van der Waals surface area contributed by atoms with Gasteiger partial charge in [0, 0.05) is 44.5 Å². The summed E-state index contributed by atoms with van der Waals surface area (Å²) in [4.78, 5) is 34.0. The van der Waals surface area contributed by atoms with E-state index in [1.165, 1.54) is 10.6 Å². The maximum absolute atomic E-state index is 14.0. The van der Waals surface area contributed by atoms with Crippen molar-refractivity contribution >= 4 is 46.4 Å². The Morgan fingerprint density at radius 3 is 2.67 bits per heavy atom. The predicted octanol–water partition coefficient (Wildman–Crippen LogP) is 3.45. The monoisotopic (exact) mass is 508 g/mol. The molecule has 10 heteroatoms. The summed E-state index contributed by atoms with van der Waals surface area (Å²) in [6, 6.07) is 13.9. The summed E-state index contributed by atoms with van der Waals surface area (Å²) < 4.78 is 15.7. The van der Waals surface area contributed by atoms with E-state index < -0.39 is 6.04 Å². The van der Waals surface area contributed by atoms with Gasteiger partial charge in [-0.25, -0.2) is 13.9 Å². The van der Waals surface area contributed by atoms with Crippen molar-refractivity contribution in [3.05, 3.63) is 59.1 Å². The molecule has 2 aromatic carbocycles. The fourth-order valence-corrected chi connectivity index (χ4v) is 5.16. The second-order valence-electron chi connectivity index (χ2n) is 9.15. The lowest BCUT2D eigenvalue weighted by molar-refractivity contribution is -0.121. The molecule has 0 saturated carbocycles. The predicted molar refractivity (Wildman–Crippen MR) is 141 cm³/mol. The standard InChI is InChI=1S/C26H29FN6O2S/c27-19-7-2-4-9-22(19)32-16-14-31(15-17-32)13-5-12-28-23(34)11-10-21-25(35)33-24(29-21)18-6-1-3-8-20(18)30-26(33)36/h1-4,6-9,21,29H,5,10-17H2,(H,28,34)/t21-/m1/s1. The Bertz CT molecular complexity index is 1340. The van der Waals surface area contributed by atoms with E-state index in [4.69, 9.17) is 12.2 Å². The van der Waals surface area contributed by atoms with Crippen molar-refractivity contribution in [2.75, 3.05) is 49.5 Å². The Labute approximate surface area is 214 Å². The second-order valence-corrected chi connectivity index (χ2v) is 9.52. The van der Waals surface area contributed by atoms with E-state index in [9.17, 15) is 14.0 Å². The number of amides is 1. The molecule has 1 fully saturated rings. The molecular formula is C26H29FN6O2S. The molecule has 3 aromatic rings. The van der Waals surface area contributed by atoms with E-state index in [-0.39, 0.29) is 28.8 Å². The fourth-order valence-electron chi connectivity index (χ4n) is 4.88. The molecule has 0 radical (unpaired) electrons. The molecule has 0 bridgehead atoms. The molecule has 2 aliphatic heterocycles. The molecule has 1 amide bonds. The minimum atomic E-state index is -0.504. The maximum Gasteiger partial charge on any atom is 0.257 e. The van der Waals surface area contributed by atoms with Gasteiger partial charge in [-0.2, -0.15) is 0 Å². The van der Waals surface area contributed by atoms with Gasteiger partial charge in [-0.1, -0.05) is 24.3 Å². The third-order valence-electron chi connectivity index (χ3n) is 6.82. The summed E-state index contributed by atoms with van der Waals surface area (Å²) in [6.07, 6.45) is 1.47. The third kappa shape index (κ3) is 5.10. The quantitative estimate of drug-likeness (QED) is 0.356. The number of hydrogen-bond acceptors (Lipinski definition) is 7. The van der Waals surface area contributed by atoms with Crippen molar-refractivity contribution in [3.8, 4) is 0 Å². The van der Waals surface area contributed by atoms with Crippen LogP contribution in [0.15, 0.2) is 48.5 Å². The fraction of sp³-hybridized carbons (Fsp3) is 0.385. The first kappa shape index (κ1) is 24.3. The van der Waals surface area contributed by atoms with Gasteiger partial charge in [0.05, 0.1) is 11.2 Å². The summed E-state index contributed by atoms with van der Waals surface area (Å²) in [5.74, 6) is 0.225. The van der Waals surface area contributed by atoms with E-state index in [2.05, 4.69) is 25.4 Å². The lowest BCUT2D eigenvalue weighted by Gasteiger charge is -2.36. The summed E-state index contributed by atoms with van der Waals surface area (Å²) in [5.41, 5.74) is 1.40. The molecule has 36 heavy (non-hydrogen) atoms. The van der Waals surface area contributed by atoms with Crippen LogP contribution < -0.4 is 15.5 Å². The lowest BCUT2D eigenvalue weighted by atomic mass is 10.1. The van der Waals surface area contributed by atoms with Crippen molar-refractivity contribution in [2.45, 2.75) is 25.3 Å². The van der Waals surface area contributed by atoms with Crippen LogP contribution in [0.2, 0.25) is 0 Å². The first-order valence-electron chi connectivity index (χ1n) is 12.3. The van der Waals surface area contributed by atoms with Gasteiger partial charge in [0.25, 0.3) is 5.91 Å². The number of carbonyl (C=O) groups is 2. The normalized spacial score (nSPS) is 17.8. The van der Waals surface area contributed by atoms with Crippen LogP contribution in [0.3, 0.4) is 0 Å². The van der Waals surface area contributed by atoms with E-state index in [1.54, 1.807) is 6.07 Å². The molecule has 2 N–H and O–H groups in total. The Morgan fingerprint density at radius 1 is 1.11 bits per heavy atom. The molecule has 1 aromatic heterocycles. The molecule has 8 nitrogen and oxygen atoms in total. The zero-order chi connectivity index (χ0) is 25.1. The van der Waals surface area contributed by atoms with E-state index in [0.29, 0.717) is 24.5 Å². The third-order valence-corrected chi connectivity index (χ3v) is 7.09. The van der Waals surface area contributed by atoms with Crippen LogP contribution in [0, 0.1) is 10.6 Å². The van der Waals surface area contributed by atoms with Gasteiger partial charge >= 0.3 is 0 Å². The highest BCUT2D eigenvalue weighted by Crippen LogP contribution is 2.29. The zero-order valence-corrected chi connectivity index (χ0v) is 20.8. The molecule has 0 unspecified atom stereocenters. The van der Waals surface area contributed by atoms with Crippen molar-refractivity contribution < 1.29 is 14.0 Å². The van der Waals surface area contributed by atoms with Crippen LogP contribution >= 0.6 is 12.2 Å². The highest BCUT2D eigenvalue weighted by atomic mass is 32.1. The number of carbonyl (C=O) groups excluding carboxylic acids is 2. The number of para-hydroxylation sites is 2. The maximum atomic E-state index is 14.0. The number of aromatic nitrogens is 2. The summed E-state index contributed by atoms with van der Waals surface area (Å²) in [7, 11) is 0. The molecule has 1 atom stereocenters. The molecule has 2 aliphatic rings. The summed E-state index contributed by atoms with van der Waals surface area (Å²) in [5, 5.41) is 7.04. The minimum absolute atomic E-state index is 0.0727. The largest absolute Gasteiger partial charge is 0.367 e. The summed E-state index contributed by atoms with van der Waals surface area (Å²) in [6.45, 7) is 4.76. The van der Waals surface area contributed by atoms with Crippen LogP contribution in [-0.2, 0) is 4.79 Å². The van der Waals surface area contributed by atoms with E-state index in [1.807, 2.05) is 36.4 Å². The molecule has 5 rings (SSSR count). The number of fused-ring (bicyclic) bond motifs is 3. The number of nitrogens with zero attached hydrogens (tertiary/aromatic N) is 4. The molecule has 1 saturated heterocycles. The SMILES string of the molecule is O=C(CC[C@H]1Nc2c3ccccc3nc(=S)n2C1=O)NCCCN1CCN(c2ccccc2F)CC1. The highest BCUT2D eigenvalue weighted by Gasteiger charge is 2.32. The molecule has 0 spiro atoms. The van der Waals surface area contributed by atoms with Gasteiger partial charge in [-0.3, -0.25) is 14.5 Å². The van der Waals surface area contributed by atoms with E-state index >= 15 is 0 Å². The van der Waals surface area contributed by atoms with Gasteiger partial charge in [0.2, 0.25) is 10.7 Å². The van der Waals surface area contributed by atoms with Gasteiger partial charge < -0.3 is 15.5 Å².